The molecule has 0 aliphatic carbocycles. The van der Waals surface area contributed by atoms with Crippen LogP contribution >= 0.6 is 12.2 Å². The molecule has 0 amide bonds. The number of methoxy groups -OCH3 is 2. The molecule has 0 spiro atoms. The number of aryl methyl sites for hydroxylation is 1. The zero-order valence-corrected chi connectivity index (χ0v) is 20.9. The third-order valence-electron chi connectivity index (χ3n) is 5.95. The fourth-order valence-electron chi connectivity index (χ4n) is 3.97. The molecule has 0 unspecified atom stereocenters. The second-order valence-corrected chi connectivity index (χ2v) is 8.61. The van der Waals surface area contributed by atoms with Gasteiger partial charge in [0.1, 0.15) is 11.5 Å². The van der Waals surface area contributed by atoms with E-state index in [1.165, 1.54) is 5.56 Å². The van der Waals surface area contributed by atoms with E-state index in [2.05, 4.69) is 23.3 Å². The number of benzene rings is 3. The first-order chi connectivity index (χ1) is 17.0. The molecule has 6 nitrogen and oxygen atoms in total. The molecule has 0 radical (unpaired) electrons. The molecule has 1 heterocycles. The highest BCUT2D eigenvalue weighted by atomic mass is 32.1. The van der Waals surface area contributed by atoms with Crippen molar-refractivity contribution in [3.8, 4) is 11.5 Å². The molecule has 3 aromatic carbocycles. The number of fused-ring (bicyclic) bond motifs is 1. The number of rotatable bonds is 8. The number of para-hydroxylation sites is 1. The molecule has 35 heavy (non-hydrogen) atoms. The second kappa shape index (κ2) is 11.1. The molecule has 0 saturated heterocycles. The summed E-state index contributed by atoms with van der Waals surface area (Å²) in [5.41, 5.74) is 4.42. The lowest BCUT2D eigenvalue weighted by Gasteiger charge is -2.27. The number of hydrogen-bond acceptors (Lipinski definition) is 4. The number of nitrogens with zero attached hydrogens (tertiary/aromatic N) is 1. The molecular formula is C28H29N3O3S. The molecule has 0 atom stereocenters. The van der Waals surface area contributed by atoms with Gasteiger partial charge in [-0.3, -0.25) is 4.79 Å². The minimum Gasteiger partial charge on any atom is -0.497 e. The number of thiocarbonyl (C=S) groups is 1. The van der Waals surface area contributed by atoms with E-state index >= 15 is 0 Å². The van der Waals surface area contributed by atoms with Crippen LogP contribution in [-0.4, -0.2) is 29.2 Å². The summed E-state index contributed by atoms with van der Waals surface area (Å²) in [6.45, 7) is 3.00. The van der Waals surface area contributed by atoms with Gasteiger partial charge < -0.3 is 24.7 Å². The van der Waals surface area contributed by atoms with E-state index in [-0.39, 0.29) is 5.56 Å². The Bertz CT molecular complexity index is 1380. The molecule has 2 N–H and O–H groups in total. The first-order valence-corrected chi connectivity index (χ1v) is 11.9. The summed E-state index contributed by atoms with van der Waals surface area (Å²) in [7, 11) is 3.25. The molecule has 1 aromatic heterocycles. The Hall–Kier alpha value is -3.84. The smallest absolute Gasteiger partial charge is 0.253 e. The third kappa shape index (κ3) is 5.81. The number of aromatic nitrogens is 1. The van der Waals surface area contributed by atoms with Gasteiger partial charge in [-0.1, -0.05) is 37.3 Å². The van der Waals surface area contributed by atoms with Crippen molar-refractivity contribution in [2.24, 2.45) is 0 Å². The van der Waals surface area contributed by atoms with Crippen LogP contribution in [-0.2, 0) is 19.5 Å². The summed E-state index contributed by atoms with van der Waals surface area (Å²) < 4.78 is 10.6. The van der Waals surface area contributed by atoms with Crippen molar-refractivity contribution in [2.45, 2.75) is 26.4 Å². The van der Waals surface area contributed by atoms with Crippen molar-refractivity contribution < 1.29 is 9.47 Å². The Kier molecular flexibility index (Phi) is 7.67. The van der Waals surface area contributed by atoms with Crippen LogP contribution in [0.1, 0.15) is 23.6 Å². The van der Waals surface area contributed by atoms with Crippen LogP contribution in [0, 0.1) is 0 Å². The molecule has 180 valence electrons. The molecular weight excluding hydrogens is 458 g/mol. The van der Waals surface area contributed by atoms with E-state index in [0.717, 1.165) is 34.3 Å². The van der Waals surface area contributed by atoms with Gasteiger partial charge in [0.15, 0.2) is 5.11 Å². The maximum Gasteiger partial charge on any atom is 0.253 e. The number of anilines is 1. The normalized spacial score (nSPS) is 10.7. The minimum absolute atomic E-state index is 0.151. The average Bonchev–Trinajstić information content (AvgIpc) is 2.89. The first kappa shape index (κ1) is 24.3. The summed E-state index contributed by atoms with van der Waals surface area (Å²) in [5.74, 6) is 1.49. The summed E-state index contributed by atoms with van der Waals surface area (Å²) in [6, 6.07) is 23.5. The van der Waals surface area contributed by atoms with Gasteiger partial charge in [-0.2, -0.15) is 0 Å². The summed E-state index contributed by atoms with van der Waals surface area (Å²) in [6.07, 6.45) is 0.887. The predicted molar refractivity (Wildman–Crippen MR) is 145 cm³/mol. The van der Waals surface area contributed by atoms with Crippen LogP contribution in [0.4, 0.5) is 5.69 Å². The summed E-state index contributed by atoms with van der Waals surface area (Å²) >= 11 is 5.85. The monoisotopic (exact) mass is 487 g/mol. The topological polar surface area (TPSA) is 66.6 Å². The van der Waals surface area contributed by atoms with Gasteiger partial charge in [0.05, 0.1) is 26.3 Å². The lowest BCUT2D eigenvalue weighted by molar-refractivity contribution is 0.406. The van der Waals surface area contributed by atoms with Crippen molar-refractivity contribution in [1.82, 2.24) is 9.88 Å². The third-order valence-corrected chi connectivity index (χ3v) is 6.31. The molecule has 0 saturated carbocycles. The number of hydrogen-bond donors (Lipinski definition) is 2. The van der Waals surface area contributed by atoms with E-state index in [1.807, 2.05) is 71.6 Å². The number of pyridine rings is 1. The maximum absolute atomic E-state index is 13.0. The van der Waals surface area contributed by atoms with Gasteiger partial charge in [0, 0.05) is 23.9 Å². The van der Waals surface area contributed by atoms with E-state index in [4.69, 9.17) is 21.7 Å². The number of H-pyrrole nitrogens is 1. The van der Waals surface area contributed by atoms with Gasteiger partial charge in [0.25, 0.3) is 5.56 Å². The minimum atomic E-state index is -0.151. The van der Waals surface area contributed by atoms with Gasteiger partial charge in [-0.15, -0.1) is 0 Å². The molecule has 7 heteroatoms. The molecule has 4 aromatic rings. The molecule has 0 aliphatic rings. The molecule has 0 fully saturated rings. The van der Waals surface area contributed by atoms with Crippen LogP contribution in [0.25, 0.3) is 10.9 Å². The Labute approximate surface area is 210 Å². The zero-order valence-electron chi connectivity index (χ0n) is 20.1. The van der Waals surface area contributed by atoms with Crippen LogP contribution in [0.3, 0.4) is 0 Å². The van der Waals surface area contributed by atoms with Crippen molar-refractivity contribution in [3.05, 3.63) is 99.8 Å². The SMILES string of the molecule is CCc1ccccc1NC(=S)N(Cc1ccc(OC)cc1)Cc1cc2ccc(OC)cc2[nH]c1=O. The van der Waals surface area contributed by atoms with Gasteiger partial charge in [-0.05, 0) is 71.6 Å². The van der Waals surface area contributed by atoms with E-state index in [9.17, 15) is 4.79 Å². The fourth-order valence-corrected chi connectivity index (χ4v) is 4.21. The largest absolute Gasteiger partial charge is 0.497 e. The fraction of sp³-hybridized carbons (Fsp3) is 0.214. The summed E-state index contributed by atoms with van der Waals surface area (Å²) in [5, 5.41) is 4.88. The van der Waals surface area contributed by atoms with Crippen molar-refractivity contribution in [1.29, 1.82) is 0 Å². The number of aromatic amines is 1. The predicted octanol–water partition coefficient (Wildman–Crippen LogP) is 5.51. The lowest BCUT2D eigenvalue weighted by Crippen LogP contribution is -2.35. The maximum atomic E-state index is 13.0. The van der Waals surface area contributed by atoms with E-state index in [1.54, 1.807) is 14.2 Å². The molecule has 4 rings (SSSR count). The van der Waals surface area contributed by atoms with Crippen LogP contribution in [0.15, 0.2) is 77.6 Å². The van der Waals surface area contributed by atoms with Crippen molar-refractivity contribution in [2.75, 3.05) is 19.5 Å². The van der Waals surface area contributed by atoms with E-state index in [0.29, 0.717) is 29.5 Å². The highest BCUT2D eigenvalue weighted by molar-refractivity contribution is 7.80. The highest BCUT2D eigenvalue weighted by Crippen LogP contribution is 2.21. The average molecular weight is 488 g/mol. The van der Waals surface area contributed by atoms with Gasteiger partial charge in [0.2, 0.25) is 0 Å². The van der Waals surface area contributed by atoms with Crippen LogP contribution in [0.5, 0.6) is 11.5 Å². The van der Waals surface area contributed by atoms with Gasteiger partial charge in [-0.25, -0.2) is 0 Å². The Morgan fingerprint density at radius 1 is 0.914 bits per heavy atom. The van der Waals surface area contributed by atoms with Crippen molar-refractivity contribution in [3.63, 3.8) is 0 Å². The molecule has 0 aliphatic heterocycles. The Balaban J connectivity index is 1.65. The van der Waals surface area contributed by atoms with Crippen LogP contribution in [0.2, 0.25) is 0 Å². The Morgan fingerprint density at radius 3 is 2.34 bits per heavy atom. The number of ether oxygens (including phenoxy) is 2. The highest BCUT2D eigenvalue weighted by Gasteiger charge is 2.16. The quantitative estimate of drug-likeness (QED) is 0.320. The van der Waals surface area contributed by atoms with E-state index < -0.39 is 0 Å². The summed E-state index contributed by atoms with van der Waals surface area (Å²) in [4.78, 5) is 18.0. The molecule has 0 bridgehead atoms. The van der Waals surface area contributed by atoms with Gasteiger partial charge >= 0.3 is 0 Å². The Morgan fingerprint density at radius 2 is 1.63 bits per heavy atom. The zero-order chi connectivity index (χ0) is 24.8. The first-order valence-electron chi connectivity index (χ1n) is 11.5. The number of nitrogens with one attached hydrogen (secondary N) is 2. The standard InChI is InChI=1S/C28H29N3O3S/c1-4-20-7-5-6-8-25(20)30-28(35)31(17-19-9-12-23(33-2)13-10-19)18-22-15-21-11-14-24(34-3)16-26(21)29-27(22)32/h5-16H,4,17-18H2,1-3H3,(H,29,32)(H,30,35). The lowest BCUT2D eigenvalue weighted by atomic mass is 10.1. The van der Waals surface area contributed by atoms with Crippen molar-refractivity contribution >= 4 is 33.9 Å². The second-order valence-electron chi connectivity index (χ2n) is 8.22. The van der Waals surface area contributed by atoms with Crippen LogP contribution < -0.4 is 20.3 Å².